The molecule has 6 rings (SSSR count). The molecule has 10 heteroatoms. The number of nitrogens with one attached hydrogen (secondary N) is 1. The average molecular weight is 540 g/mol. The Morgan fingerprint density at radius 2 is 2.03 bits per heavy atom. The van der Waals surface area contributed by atoms with E-state index in [0.29, 0.717) is 41.7 Å². The van der Waals surface area contributed by atoms with Crippen LogP contribution in [-0.2, 0) is 12.0 Å². The monoisotopic (exact) mass is 539 g/mol. The number of carbonyl (C=O) groups is 1. The number of aryl methyl sites for hydroxylation is 1. The molecule has 0 saturated carbocycles. The van der Waals surface area contributed by atoms with Gasteiger partial charge in [0.25, 0.3) is 5.91 Å². The van der Waals surface area contributed by atoms with E-state index in [1.165, 1.54) is 0 Å². The molecule has 1 fully saturated rings. The van der Waals surface area contributed by atoms with Crippen molar-refractivity contribution in [3.8, 4) is 22.8 Å². The number of thiazole rings is 1. The van der Waals surface area contributed by atoms with Crippen molar-refractivity contribution in [1.82, 2.24) is 30.0 Å². The quantitative estimate of drug-likeness (QED) is 0.288. The SMILES string of the molecule is Cc1csc([C@H]2CCCN2C(=O)c2cc(-c3ncc[nH]3)cc(-c3nnc([C@@](C)(N)Cc4ccccc4)o3)c2)n1. The first-order chi connectivity index (χ1) is 18.9. The highest BCUT2D eigenvalue weighted by molar-refractivity contribution is 7.09. The first kappa shape index (κ1) is 25.1. The second-order valence-corrected chi connectivity index (χ2v) is 11.1. The van der Waals surface area contributed by atoms with Crippen LogP contribution in [0.15, 0.2) is 70.7 Å². The summed E-state index contributed by atoms with van der Waals surface area (Å²) in [5, 5.41) is 11.6. The molecule has 1 aliphatic heterocycles. The summed E-state index contributed by atoms with van der Waals surface area (Å²) >= 11 is 1.60. The van der Waals surface area contributed by atoms with Crippen molar-refractivity contribution in [2.45, 2.75) is 44.7 Å². The molecule has 39 heavy (non-hydrogen) atoms. The number of hydrogen-bond donors (Lipinski definition) is 2. The van der Waals surface area contributed by atoms with Gasteiger partial charge in [-0.1, -0.05) is 30.3 Å². The summed E-state index contributed by atoms with van der Waals surface area (Å²) in [6.07, 6.45) is 5.80. The maximum atomic E-state index is 13.9. The molecule has 0 radical (unpaired) electrons. The van der Waals surface area contributed by atoms with Crippen molar-refractivity contribution < 1.29 is 9.21 Å². The molecular formula is C29H29N7O2S. The highest BCUT2D eigenvalue weighted by Crippen LogP contribution is 2.36. The Morgan fingerprint density at radius 1 is 1.21 bits per heavy atom. The van der Waals surface area contributed by atoms with Gasteiger partial charge in [-0.2, -0.15) is 0 Å². The Balaban J connectivity index is 1.35. The van der Waals surface area contributed by atoms with Gasteiger partial charge >= 0.3 is 0 Å². The van der Waals surface area contributed by atoms with Crippen LogP contribution in [-0.4, -0.2) is 42.5 Å². The second-order valence-electron chi connectivity index (χ2n) is 10.2. The molecule has 2 aromatic carbocycles. The van der Waals surface area contributed by atoms with Gasteiger partial charge in [0.15, 0.2) is 0 Å². The number of nitrogens with zero attached hydrogens (tertiary/aromatic N) is 5. The van der Waals surface area contributed by atoms with Crippen molar-refractivity contribution in [3.05, 3.63) is 94.0 Å². The minimum Gasteiger partial charge on any atom is -0.419 e. The molecule has 1 saturated heterocycles. The maximum Gasteiger partial charge on any atom is 0.254 e. The lowest BCUT2D eigenvalue weighted by atomic mass is 9.94. The number of imidazole rings is 1. The van der Waals surface area contributed by atoms with E-state index in [9.17, 15) is 4.79 Å². The number of H-pyrrole nitrogens is 1. The van der Waals surface area contributed by atoms with Crippen LogP contribution >= 0.6 is 11.3 Å². The highest BCUT2D eigenvalue weighted by atomic mass is 32.1. The molecule has 0 bridgehead atoms. The Kier molecular flexibility index (Phi) is 6.58. The lowest BCUT2D eigenvalue weighted by molar-refractivity contribution is 0.0735. The molecular weight excluding hydrogens is 510 g/mol. The summed E-state index contributed by atoms with van der Waals surface area (Å²) in [5.74, 6) is 1.21. The third-order valence-electron chi connectivity index (χ3n) is 6.96. The predicted octanol–water partition coefficient (Wildman–Crippen LogP) is 5.29. The number of carbonyl (C=O) groups excluding carboxylic acids is 1. The van der Waals surface area contributed by atoms with Crippen molar-refractivity contribution in [1.29, 1.82) is 0 Å². The fourth-order valence-corrected chi connectivity index (χ4v) is 6.00. The zero-order chi connectivity index (χ0) is 27.0. The van der Waals surface area contributed by atoms with E-state index >= 15 is 0 Å². The Bertz CT molecular complexity index is 1590. The van der Waals surface area contributed by atoms with E-state index in [0.717, 1.165) is 34.7 Å². The number of amides is 1. The van der Waals surface area contributed by atoms with Gasteiger partial charge in [0.2, 0.25) is 11.8 Å². The van der Waals surface area contributed by atoms with Gasteiger partial charge < -0.3 is 20.0 Å². The molecule has 5 aromatic rings. The van der Waals surface area contributed by atoms with Crippen LogP contribution in [0.5, 0.6) is 0 Å². The Morgan fingerprint density at radius 3 is 2.77 bits per heavy atom. The Hall–Kier alpha value is -4.15. The zero-order valence-corrected chi connectivity index (χ0v) is 22.6. The summed E-state index contributed by atoms with van der Waals surface area (Å²) in [4.78, 5) is 28.0. The summed E-state index contributed by atoms with van der Waals surface area (Å²) < 4.78 is 6.12. The first-order valence-electron chi connectivity index (χ1n) is 12.9. The molecule has 3 N–H and O–H groups in total. The van der Waals surface area contributed by atoms with E-state index in [2.05, 4.69) is 25.1 Å². The standard InChI is InChI=1S/C29H29N7O2S/c1-18-17-39-26(33-18)23-9-6-12-36(23)27(37)22-14-20(24-31-10-11-32-24)13-21(15-22)25-34-35-28(38-25)29(2,30)16-19-7-4-3-5-8-19/h3-5,7-8,10-11,13-15,17,23H,6,9,12,16,30H2,1-2H3,(H,31,32)/t23-,29+/m1/s1. The molecule has 9 nitrogen and oxygen atoms in total. The van der Waals surface area contributed by atoms with E-state index in [1.54, 1.807) is 29.8 Å². The van der Waals surface area contributed by atoms with E-state index in [4.69, 9.17) is 10.2 Å². The number of hydrogen-bond acceptors (Lipinski definition) is 8. The van der Waals surface area contributed by atoms with Crippen molar-refractivity contribution in [2.75, 3.05) is 6.54 Å². The van der Waals surface area contributed by atoms with E-state index in [1.807, 2.05) is 66.6 Å². The summed E-state index contributed by atoms with van der Waals surface area (Å²) in [5.41, 5.74) is 9.72. The van der Waals surface area contributed by atoms with E-state index in [-0.39, 0.29) is 11.9 Å². The number of aromatic nitrogens is 5. The van der Waals surface area contributed by atoms with Crippen LogP contribution in [0.2, 0.25) is 0 Å². The lowest BCUT2D eigenvalue weighted by Gasteiger charge is -2.23. The van der Waals surface area contributed by atoms with Crippen molar-refractivity contribution in [3.63, 3.8) is 0 Å². The molecule has 3 aromatic heterocycles. The van der Waals surface area contributed by atoms with Gasteiger partial charge in [0.1, 0.15) is 10.8 Å². The molecule has 0 unspecified atom stereocenters. The third-order valence-corrected chi connectivity index (χ3v) is 8.03. The topological polar surface area (TPSA) is 127 Å². The van der Waals surface area contributed by atoms with Crippen LogP contribution in [0.25, 0.3) is 22.8 Å². The van der Waals surface area contributed by atoms with Gasteiger partial charge in [-0.25, -0.2) is 9.97 Å². The van der Waals surface area contributed by atoms with Crippen molar-refractivity contribution in [2.24, 2.45) is 5.73 Å². The van der Waals surface area contributed by atoms with Crippen LogP contribution in [0.3, 0.4) is 0 Å². The average Bonchev–Trinajstić information content (AvgIpc) is 3.74. The normalized spacial score (nSPS) is 16.9. The zero-order valence-electron chi connectivity index (χ0n) is 21.8. The largest absolute Gasteiger partial charge is 0.419 e. The molecule has 4 heterocycles. The fraction of sp³-hybridized carbons (Fsp3) is 0.276. The predicted molar refractivity (Wildman–Crippen MR) is 149 cm³/mol. The molecule has 1 amide bonds. The fourth-order valence-electron chi connectivity index (χ4n) is 5.06. The maximum absolute atomic E-state index is 13.9. The van der Waals surface area contributed by atoms with Gasteiger partial charge in [-0.05, 0) is 56.9 Å². The summed E-state index contributed by atoms with van der Waals surface area (Å²) in [7, 11) is 0. The minimum atomic E-state index is -0.863. The molecule has 1 aliphatic rings. The molecule has 0 spiro atoms. The number of aromatic amines is 1. The Labute approximate surface area is 230 Å². The first-order valence-corrected chi connectivity index (χ1v) is 13.8. The van der Waals surface area contributed by atoms with Gasteiger partial charge in [0, 0.05) is 46.7 Å². The van der Waals surface area contributed by atoms with Crippen LogP contribution in [0.1, 0.15) is 58.3 Å². The molecule has 2 atom stereocenters. The van der Waals surface area contributed by atoms with Crippen LogP contribution in [0.4, 0.5) is 0 Å². The van der Waals surface area contributed by atoms with Crippen LogP contribution < -0.4 is 5.73 Å². The number of benzene rings is 2. The molecule has 0 aliphatic carbocycles. The minimum absolute atomic E-state index is 0.0298. The smallest absolute Gasteiger partial charge is 0.254 e. The number of likely N-dealkylation sites (tertiary alicyclic amines) is 1. The van der Waals surface area contributed by atoms with Crippen molar-refractivity contribution >= 4 is 17.2 Å². The second kappa shape index (κ2) is 10.2. The summed E-state index contributed by atoms with van der Waals surface area (Å²) in [6.45, 7) is 4.53. The van der Waals surface area contributed by atoms with Gasteiger partial charge in [-0.3, -0.25) is 4.79 Å². The van der Waals surface area contributed by atoms with Gasteiger partial charge in [-0.15, -0.1) is 21.5 Å². The van der Waals surface area contributed by atoms with Crippen LogP contribution in [0, 0.1) is 6.92 Å². The third kappa shape index (κ3) is 5.13. The molecule has 198 valence electrons. The lowest BCUT2D eigenvalue weighted by Crippen LogP contribution is -2.35. The van der Waals surface area contributed by atoms with E-state index < -0.39 is 5.54 Å². The number of rotatable bonds is 7. The number of nitrogens with two attached hydrogens (primary N) is 1. The van der Waals surface area contributed by atoms with Gasteiger partial charge in [0.05, 0.1) is 11.6 Å². The summed E-state index contributed by atoms with van der Waals surface area (Å²) in [6, 6.07) is 15.5. The highest BCUT2D eigenvalue weighted by Gasteiger charge is 2.33.